The van der Waals surface area contributed by atoms with Crippen molar-refractivity contribution >= 4 is 46.8 Å². The molecule has 3 heterocycles. The summed E-state index contributed by atoms with van der Waals surface area (Å²) in [5.41, 5.74) is 0.657. The lowest BCUT2D eigenvalue weighted by molar-refractivity contribution is -0.148. The second-order valence-electron chi connectivity index (χ2n) is 8.92. The molecule has 3 aliphatic heterocycles. The van der Waals surface area contributed by atoms with E-state index in [1.54, 1.807) is 40.1 Å². The molecule has 33 heavy (non-hydrogen) atoms. The Morgan fingerprint density at radius 3 is 2.64 bits per heavy atom. The first-order valence-electron chi connectivity index (χ1n) is 11.4. The number of carbonyl (C=O) groups is 3. The summed E-state index contributed by atoms with van der Waals surface area (Å²) in [5, 5.41) is 19.4. The number of anilines is 1. The minimum absolute atomic E-state index is 0.0746. The van der Waals surface area contributed by atoms with Crippen molar-refractivity contribution in [1.82, 2.24) is 4.90 Å². The predicted octanol–water partition coefficient (Wildman–Crippen LogP) is 3.20. The molecule has 1 aromatic rings. The van der Waals surface area contributed by atoms with Crippen LogP contribution in [0.25, 0.3) is 0 Å². The Labute approximate surface area is 202 Å². The van der Waals surface area contributed by atoms with Gasteiger partial charge in [0, 0.05) is 35.7 Å². The SMILES string of the molecule is C=CCN(C(=O)C1N(CCCCCO)C(=O)[C@@H]2[C@@H](C(=O)O)[C@H]3CCC12S3)c1ccc(Cl)cc1. The molecule has 7 nitrogen and oxygen atoms in total. The predicted molar refractivity (Wildman–Crippen MR) is 128 cm³/mol. The highest BCUT2D eigenvalue weighted by atomic mass is 35.5. The molecule has 0 saturated carbocycles. The third kappa shape index (κ3) is 4.06. The van der Waals surface area contributed by atoms with Gasteiger partial charge in [-0.15, -0.1) is 18.3 Å². The van der Waals surface area contributed by atoms with Crippen LogP contribution in [-0.2, 0) is 14.4 Å². The smallest absolute Gasteiger partial charge is 0.308 e. The van der Waals surface area contributed by atoms with Crippen LogP contribution in [0.1, 0.15) is 32.1 Å². The lowest BCUT2D eigenvalue weighted by atomic mass is 9.71. The summed E-state index contributed by atoms with van der Waals surface area (Å²) in [6.45, 7) is 4.50. The number of unbranched alkanes of at least 4 members (excludes halogenated alkanes) is 2. The van der Waals surface area contributed by atoms with Gasteiger partial charge in [0.25, 0.3) is 5.91 Å². The fourth-order valence-corrected chi connectivity index (χ4v) is 8.08. The van der Waals surface area contributed by atoms with Crippen LogP contribution in [0.3, 0.4) is 0 Å². The molecule has 5 atom stereocenters. The van der Waals surface area contributed by atoms with E-state index >= 15 is 0 Å². The number of carboxylic acids is 1. The number of carboxylic acid groups (broad SMARTS) is 1. The molecule has 2 N–H and O–H groups in total. The molecule has 1 aromatic carbocycles. The van der Waals surface area contributed by atoms with Crippen LogP contribution >= 0.6 is 23.4 Å². The van der Waals surface area contributed by atoms with Gasteiger partial charge >= 0.3 is 5.97 Å². The zero-order valence-electron chi connectivity index (χ0n) is 18.4. The van der Waals surface area contributed by atoms with Crippen LogP contribution in [0.4, 0.5) is 5.69 Å². The van der Waals surface area contributed by atoms with Crippen LogP contribution in [-0.4, -0.2) is 68.6 Å². The Bertz CT molecular complexity index is 941. The van der Waals surface area contributed by atoms with E-state index < -0.39 is 28.6 Å². The van der Waals surface area contributed by atoms with Gasteiger partial charge in [-0.05, 0) is 56.4 Å². The second kappa shape index (κ2) is 9.68. The number of aliphatic hydroxyl groups is 1. The van der Waals surface area contributed by atoms with Gasteiger partial charge in [0.2, 0.25) is 5.91 Å². The summed E-state index contributed by atoms with van der Waals surface area (Å²) >= 11 is 7.57. The topological polar surface area (TPSA) is 98.2 Å². The van der Waals surface area contributed by atoms with E-state index in [1.807, 2.05) is 0 Å². The van der Waals surface area contributed by atoms with Gasteiger partial charge in [-0.25, -0.2) is 0 Å². The molecule has 3 aliphatic rings. The Morgan fingerprint density at radius 2 is 2.00 bits per heavy atom. The molecule has 3 saturated heterocycles. The first-order chi connectivity index (χ1) is 15.9. The van der Waals surface area contributed by atoms with Gasteiger partial charge < -0.3 is 20.0 Å². The van der Waals surface area contributed by atoms with Crippen molar-refractivity contribution in [3.8, 4) is 0 Å². The van der Waals surface area contributed by atoms with Crippen LogP contribution in [0.2, 0.25) is 5.02 Å². The Hall–Kier alpha value is -2.03. The normalized spacial score (nSPS) is 29.9. The molecule has 4 rings (SSSR count). The zero-order chi connectivity index (χ0) is 23.8. The Morgan fingerprint density at radius 1 is 1.27 bits per heavy atom. The molecule has 2 unspecified atom stereocenters. The highest BCUT2D eigenvalue weighted by Gasteiger charge is 2.73. The van der Waals surface area contributed by atoms with Gasteiger partial charge in [0.05, 0.1) is 16.6 Å². The quantitative estimate of drug-likeness (QED) is 0.384. The van der Waals surface area contributed by atoms with Gasteiger partial charge in [-0.2, -0.15) is 0 Å². The van der Waals surface area contributed by atoms with Crippen molar-refractivity contribution in [1.29, 1.82) is 0 Å². The molecule has 1 spiro atoms. The number of carbonyl (C=O) groups excluding carboxylic acids is 2. The fraction of sp³-hybridized carbons (Fsp3) is 0.542. The van der Waals surface area contributed by atoms with Gasteiger partial charge in [0.1, 0.15) is 6.04 Å². The van der Waals surface area contributed by atoms with E-state index in [-0.39, 0.29) is 30.2 Å². The number of halogens is 1. The van der Waals surface area contributed by atoms with Gasteiger partial charge in [-0.3, -0.25) is 14.4 Å². The number of benzene rings is 1. The molecular formula is C24H29ClN2O5S. The van der Waals surface area contributed by atoms with E-state index in [4.69, 9.17) is 16.7 Å². The summed E-state index contributed by atoms with van der Waals surface area (Å²) in [7, 11) is 0. The van der Waals surface area contributed by atoms with Crippen LogP contribution in [0.5, 0.6) is 0 Å². The molecule has 2 bridgehead atoms. The summed E-state index contributed by atoms with van der Waals surface area (Å²) in [4.78, 5) is 43.1. The van der Waals surface area contributed by atoms with Gasteiger partial charge in [0.15, 0.2) is 0 Å². The highest BCUT2D eigenvalue weighted by molar-refractivity contribution is 8.02. The number of hydrogen-bond donors (Lipinski definition) is 2. The van der Waals surface area contributed by atoms with Crippen molar-refractivity contribution in [3.05, 3.63) is 41.9 Å². The summed E-state index contributed by atoms with van der Waals surface area (Å²) in [6, 6.07) is 6.22. The number of amides is 2. The minimum Gasteiger partial charge on any atom is -0.481 e. The first-order valence-corrected chi connectivity index (χ1v) is 12.6. The van der Waals surface area contributed by atoms with Gasteiger partial charge in [-0.1, -0.05) is 17.7 Å². The van der Waals surface area contributed by atoms with E-state index in [0.29, 0.717) is 42.9 Å². The molecule has 3 fully saturated rings. The number of hydrogen-bond acceptors (Lipinski definition) is 5. The molecule has 9 heteroatoms. The molecule has 0 aliphatic carbocycles. The third-order valence-electron chi connectivity index (χ3n) is 7.09. The lowest BCUT2D eigenvalue weighted by Gasteiger charge is -2.37. The number of fused-ring (bicyclic) bond motifs is 1. The maximum absolute atomic E-state index is 14.1. The fourth-order valence-electron chi connectivity index (χ4n) is 5.75. The van der Waals surface area contributed by atoms with Crippen LogP contribution in [0, 0.1) is 11.8 Å². The molecule has 0 radical (unpaired) electrons. The van der Waals surface area contributed by atoms with Crippen molar-refractivity contribution in [2.24, 2.45) is 11.8 Å². The zero-order valence-corrected chi connectivity index (χ0v) is 19.9. The van der Waals surface area contributed by atoms with Crippen molar-refractivity contribution in [2.45, 2.75) is 48.1 Å². The maximum Gasteiger partial charge on any atom is 0.308 e. The van der Waals surface area contributed by atoms with E-state index in [1.165, 1.54) is 11.8 Å². The average molecular weight is 493 g/mol. The van der Waals surface area contributed by atoms with Crippen molar-refractivity contribution in [2.75, 3.05) is 24.6 Å². The lowest BCUT2D eigenvalue weighted by Crippen LogP contribution is -2.55. The standard InChI is InChI=1S/C24H29ClN2O5S/c1-2-12-26(16-8-6-15(25)7-9-16)22(30)20-24-11-10-17(33-24)18(23(31)32)19(24)21(29)27(20)13-4-3-5-14-28/h2,6-9,17-20,28H,1,3-5,10-14H2,(H,31,32)/t17-,18+,19+,20?,24?/m1/s1. The monoisotopic (exact) mass is 492 g/mol. The Kier molecular flexibility index (Phi) is 7.07. The number of nitrogens with zero attached hydrogens (tertiary/aromatic N) is 2. The maximum atomic E-state index is 14.1. The van der Waals surface area contributed by atoms with Crippen LogP contribution in [0.15, 0.2) is 36.9 Å². The van der Waals surface area contributed by atoms with Crippen molar-refractivity contribution < 1.29 is 24.6 Å². The van der Waals surface area contributed by atoms with E-state index in [9.17, 15) is 19.5 Å². The Balaban J connectivity index is 1.72. The number of aliphatic hydroxyl groups excluding tert-OH is 1. The molecule has 178 valence electrons. The summed E-state index contributed by atoms with van der Waals surface area (Å²) in [6.07, 6.45) is 4.97. The highest BCUT2D eigenvalue weighted by Crippen LogP contribution is 2.66. The molecule has 0 aromatic heterocycles. The number of likely N-dealkylation sites (tertiary alicyclic amines) is 1. The summed E-state index contributed by atoms with van der Waals surface area (Å²) in [5.74, 6) is -2.86. The molecule has 2 amide bonds. The number of thioether (sulfide) groups is 1. The van der Waals surface area contributed by atoms with E-state index in [2.05, 4.69) is 6.58 Å². The number of aliphatic carboxylic acids is 1. The minimum atomic E-state index is -0.957. The largest absolute Gasteiger partial charge is 0.481 e. The number of rotatable bonds is 10. The average Bonchev–Trinajstić information content (AvgIpc) is 3.43. The van der Waals surface area contributed by atoms with E-state index in [0.717, 1.165) is 6.42 Å². The molecular weight excluding hydrogens is 464 g/mol. The first kappa shape index (κ1) is 24.1. The van der Waals surface area contributed by atoms with Crippen molar-refractivity contribution in [3.63, 3.8) is 0 Å². The van der Waals surface area contributed by atoms with Crippen LogP contribution < -0.4 is 4.90 Å². The summed E-state index contributed by atoms with van der Waals surface area (Å²) < 4.78 is -0.731. The third-order valence-corrected chi connectivity index (χ3v) is 9.30. The second-order valence-corrected chi connectivity index (χ2v) is 11.0.